The number of pyridine rings is 1. The zero-order valence-corrected chi connectivity index (χ0v) is 19.7. The summed E-state index contributed by atoms with van der Waals surface area (Å²) in [6, 6.07) is 15.9. The minimum atomic E-state index is 0.161. The van der Waals surface area contributed by atoms with Crippen molar-refractivity contribution in [3.8, 4) is 0 Å². The van der Waals surface area contributed by atoms with Crippen molar-refractivity contribution in [1.82, 2.24) is 29.6 Å². The van der Waals surface area contributed by atoms with Crippen molar-refractivity contribution in [2.75, 3.05) is 18.4 Å². The van der Waals surface area contributed by atoms with E-state index in [9.17, 15) is 4.79 Å². The van der Waals surface area contributed by atoms with Crippen LogP contribution >= 0.6 is 0 Å². The van der Waals surface area contributed by atoms with Crippen molar-refractivity contribution in [3.63, 3.8) is 0 Å². The smallest absolute Gasteiger partial charge is 0.242 e. The minimum Gasteiger partial charge on any atom is -0.341 e. The third kappa shape index (κ3) is 4.81. The number of benzene rings is 1. The first-order valence-electron chi connectivity index (χ1n) is 12.0. The van der Waals surface area contributed by atoms with Crippen LogP contribution in [-0.2, 0) is 17.8 Å². The van der Waals surface area contributed by atoms with Crippen LogP contribution in [0.4, 0.5) is 11.6 Å². The van der Waals surface area contributed by atoms with Crippen LogP contribution in [0.1, 0.15) is 44.1 Å². The van der Waals surface area contributed by atoms with Gasteiger partial charge in [-0.2, -0.15) is 5.10 Å². The first-order valence-corrected chi connectivity index (χ1v) is 12.0. The summed E-state index contributed by atoms with van der Waals surface area (Å²) in [7, 11) is 0. The Balaban J connectivity index is 1.22. The SMILES string of the molecule is CC(C)Cc1nc2ccccc2n1CC(=O)N1CCC(c2cc(Nc3ccccn3)n[nH]2)CC1. The largest absolute Gasteiger partial charge is 0.341 e. The third-order valence-corrected chi connectivity index (χ3v) is 6.42. The lowest BCUT2D eigenvalue weighted by molar-refractivity contribution is -0.132. The molecule has 0 saturated carbocycles. The molecule has 0 radical (unpaired) electrons. The van der Waals surface area contributed by atoms with Gasteiger partial charge in [0.25, 0.3) is 0 Å². The monoisotopic (exact) mass is 457 g/mol. The molecular formula is C26H31N7O. The molecule has 4 heterocycles. The second kappa shape index (κ2) is 9.67. The molecule has 0 spiro atoms. The predicted octanol–water partition coefficient (Wildman–Crippen LogP) is 4.50. The van der Waals surface area contributed by atoms with E-state index in [1.807, 2.05) is 47.4 Å². The first kappa shape index (κ1) is 22.1. The summed E-state index contributed by atoms with van der Waals surface area (Å²) in [4.78, 5) is 24.3. The van der Waals surface area contributed by atoms with Gasteiger partial charge in [0, 0.05) is 43.4 Å². The van der Waals surface area contributed by atoms with E-state index in [4.69, 9.17) is 4.98 Å². The molecule has 3 aromatic heterocycles. The van der Waals surface area contributed by atoms with Gasteiger partial charge in [-0.25, -0.2) is 9.97 Å². The highest BCUT2D eigenvalue weighted by molar-refractivity contribution is 5.81. The molecule has 34 heavy (non-hydrogen) atoms. The van der Waals surface area contributed by atoms with E-state index in [0.717, 1.165) is 66.5 Å². The zero-order valence-electron chi connectivity index (χ0n) is 19.7. The van der Waals surface area contributed by atoms with Crippen LogP contribution in [0, 0.1) is 5.92 Å². The standard InChI is InChI=1S/C26H31N7O/c1-18(2)15-25-28-20-7-3-4-8-22(20)33(25)17-26(34)32-13-10-19(11-14-32)21-16-24(31-30-21)29-23-9-5-6-12-27-23/h3-9,12,16,18-19H,10-11,13-15,17H2,1-2H3,(H2,27,29,30,31). The van der Waals surface area contributed by atoms with Crippen LogP contribution in [0.2, 0.25) is 0 Å². The van der Waals surface area contributed by atoms with Crippen molar-refractivity contribution >= 4 is 28.6 Å². The quantitative estimate of drug-likeness (QED) is 0.426. The highest BCUT2D eigenvalue weighted by Crippen LogP contribution is 2.29. The molecule has 0 bridgehead atoms. The Morgan fingerprint density at radius 1 is 1.12 bits per heavy atom. The summed E-state index contributed by atoms with van der Waals surface area (Å²) in [5.74, 6) is 3.52. The molecule has 8 nitrogen and oxygen atoms in total. The number of nitrogens with zero attached hydrogens (tertiary/aromatic N) is 5. The predicted molar refractivity (Wildman–Crippen MR) is 133 cm³/mol. The lowest BCUT2D eigenvalue weighted by Gasteiger charge is -2.31. The lowest BCUT2D eigenvalue weighted by Crippen LogP contribution is -2.40. The molecule has 176 valence electrons. The van der Waals surface area contributed by atoms with Gasteiger partial charge in [0.05, 0.1) is 11.0 Å². The van der Waals surface area contributed by atoms with Crippen molar-refractivity contribution in [2.45, 2.75) is 45.6 Å². The molecular weight excluding hydrogens is 426 g/mol. The molecule has 4 aromatic rings. The molecule has 0 atom stereocenters. The molecule has 8 heteroatoms. The van der Waals surface area contributed by atoms with Crippen molar-refractivity contribution in [3.05, 3.63) is 66.2 Å². The number of carbonyl (C=O) groups excluding carboxylic acids is 1. The number of aromatic amines is 1. The first-order chi connectivity index (χ1) is 16.6. The number of rotatable bonds is 7. The van der Waals surface area contributed by atoms with E-state index in [2.05, 4.69) is 45.0 Å². The van der Waals surface area contributed by atoms with E-state index in [0.29, 0.717) is 18.4 Å². The summed E-state index contributed by atoms with van der Waals surface area (Å²) in [5, 5.41) is 10.8. The summed E-state index contributed by atoms with van der Waals surface area (Å²) < 4.78 is 2.11. The fourth-order valence-corrected chi connectivity index (χ4v) is 4.68. The number of imidazole rings is 1. The molecule has 2 N–H and O–H groups in total. The molecule has 1 fully saturated rings. The van der Waals surface area contributed by atoms with Gasteiger partial charge in [-0.05, 0) is 43.0 Å². The summed E-state index contributed by atoms with van der Waals surface area (Å²) >= 11 is 0. The maximum atomic E-state index is 13.2. The number of aromatic nitrogens is 5. The van der Waals surface area contributed by atoms with Crippen LogP contribution in [0.15, 0.2) is 54.7 Å². The summed E-state index contributed by atoms with van der Waals surface area (Å²) in [6.07, 6.45) is 4.45. The van der Waals surface area contributed by atoms with E-state index in [1.54, 1.807) is 6.20 Å². The Morgan fingerprint density at radius 3 is 2.68 bits per heavy atom. The van der Waals surface area contributed by atoms with Gasteiger partial charge in [-0.1, -0.05) is 32.0 Å². The van der Waals surface area contributed by atoms with Crippen molar-refractivity contribution < 1.29 is 4.79 Å². The number of amides is 1. The maximum absolute atomic E-state index is 13.2. The Kier molecular flexibility index (Phi) is 6.29. The maximum Gasteiger partial charge on any atom is 0.242 e. The highest BCUT2D eigenvalue weighted by Gasteiger charge is 2.26. The average Bonchev–Trinajstić information content (AvgIpc) is 3.44. The number of fused-ring (bicyclic) bond motifs is 1. The minimum absolute atomic E-state index is 0.161. The van der Waals surface area contributed by atoms with Gasteiger partial charge in [0.1, 0.15) is 18.2 Å². The Labute approximate surface area is 199 Å². The number of anilines is 2. The normalized spacial score (nSPS) is 14.7. The van der Waals surface area contributed by atoms with Gasteiger partial charge in [-0.15, -0.1) is 0 Å². The molecule has 1 saturated heterocycles. The Bertz CT molecular complexity index is 1250. The van der Waals surface area contributed by atoms with Gasteiger partial charge in [0.15, 0.2) is 5.82 Å². The second-order valence-electron chi connectivity index (χ2n) is 9.40. The molecule has 1 aliphatic heterocycles. The van der Waals surface area contributed by atoms with Crippen molar-refractivity contribution in [1.29, 1.82) is 0 Å². The fraction of sp³-hybridized carbons (Fsp3) is 0.385. The topological polar surface area (TPSA) is 91.7 Å². The number of carbonyl (C=O) groups is 1. The van der Waals surface area contributed by atoms with E-state index >= 15 is 0 Å². The number of hydrogen-bond acceptors (Lipinski definition) is 5. The Morgan fingerprint density at radius 2 is 1.91 bits per heavy atom. The average molecular weight is 458 g/mol. The van der Waals surface area contributed by atoms with Crippen LogP contribution < -0.4 is 5.32 Å². The number of piperidine rings is 1. The van der Waals surface area contributed by atoms with Gasteiger partial charge in [-0.3, -0.25) is 9.89 Å². The summed E-state index contributed by atoms with van der Waals surface area (Å²) in [6.45, 7) is 6.21. The van der Waals surface area contributed by atoms with Crippen molar-refractivity contribution in [2.24, 2.45) is 5.92 Å². The Hall–Kier alpha value is -3.68. The number of para-hydroxylation sites is 2. The van der Waals surface area contributed by atoms with Gasteiger partial charge >= 0.3 is 0 Å². The molecule has 1 aliphatic rings. The fourth-order valence-electron chi connectivity index (χ4n) is 4.68. The molecule has 1 aromatic carbocycles. The number of nitrogens with one attached hydrogen (secondary N) is 2. The lowest BCUT2D eigenvalue weighted by atomic mass is 9.93. The van der Waals surface area contributed by atoms with Gasteiger partial charge in [0.2, 0.25) is 5.91 Å². The molecule has 5 rings (SSSR count). The molecule has 1 amide bonds. The van der Waals surface area contributed by atoms with Crippen LogP contribution in [0.3, 0.4) is 0 Å². The molecule has 0 unspecified atom stereocenters. The van der Waals surface area contributed by atoms with Crippen LogP contribution in [0.25, 0.3) is 11.0 Å². The zero-order chi connectivity index (χ0) is 23.5. The van der Waals surface area contributed by atoms with E-state index in [1.165, 1.54) is 0 Å². The van der Waals surface area contributed by atoms with Crippen LogP contribution in [0.5, 0.6) is 0 Å². The third-order valence-electron chi connectivity index (χ3n) is 6.42. The second-order valence-corrected chi connectivity index (χ2v) is 9.40. The van der Waals surface area contributed by atoms with E-state index < -0.39 is 0 Å². The van der Waals surface area contributed by atoms with Crippen LogP contribution in [-0.4, -0.2) is 48.6 Å². The number of hydrogen-bond donors (Lipinski definition) is 2. The summed E-state index contributed by atoms with van der Waals surface area (Å²) in [5.41, 5.74) is 3.09. The number of likely N-dealkylation sites (tertiary alicyclic amines) is 1. The molecule has 0 aliphatic carbocycles. The number of H-pyrrole nitrogens is 1. The highest BCUT2D eigenvalue weighted by atomic mass is 16.2. The van der Waals surface area contributed by atoms with E-state index in [-0.39, 0.29) is 5.91 Å². The van der Waals surface area contributed by atoms with Gasteiger partial charge < -0.3 is 14.8 Å².